The molecule has 4 rings (SSSR count). The van der Waals surface area contributed by atoms with E-state index in [0.29, 0.717) is 29.7 Å². The van der Waals surface area contributed by atoms with Gasteiger partial charge >= 0.3 is 0 Å². The maximum atomic E-state index is 12.3. The summed E-state index contributed by atoms with van der Waals surface area (Å²) >= 11 is 6.01. The molecule has 1 atom stereocenters. The van der Waals surface area contributed by atoms with Gasteiger partial charge in [0, 0.05) is 41.6 Å². The number of anilines is 1. The Labute approximate surface area is 143 Å². The van der Waals surface area contributed by atoms with Crippen LogP contribution in [0.25, 0.3) is 11.4 Å². The van der Waals surface area contributed by atoms with Crippen molar-refractivity contribution >= 4 is 23.2 Å². The molecule has 1 aromatic carbocycles. The van der Waals surface area contributed by atoms with Gasteiger partial charge in [-0.3, -0.25) is 9.78 Å². The minimum Gasteiger partial charge on any atom is -0.339 e. The van der Waals surface area contributed by atoms with E-state index in [-0.39, 0.29) is 11.8 Å². The van der Waals surface area contributed by atoms with Crippen LogP contribution in [0.3, 0.4) is 0 Å². The van der Waals surface area contributed by atoms with Crippen molar-refractivity contribution in [3.05, 3.63) is 59.7 Å². The van der Waals surface area contributed by atoms with E-state index in [0.717, 1.165) is 11.3 Å². The maximum absolute atomic E-state index is 12.3. The number of carbonyl (C=O) groups is 1. The van der Waals surface area contributed by atoms with E-state index in [9.17, 15) is 4.79 Å². The standard InChI is InChI=1S/C17H13ClN4O2/c18-13-2-1-3-14(9-13)22-10-12(8-15(22)23)17-20-16(21-24-17)11-4-6-19-7-5-11/h1-7,9,12H,8,10H2. The van der Waals surface area contributed by atoms with Crippen LogP contribution in [0.4, 0.5) is 5.69 Å². The van der Waals surface area contributed by atoms with Crippen molar-refractivity contribution in [2.75, 3.05) is 11.4 Å². The molecule has 1 amide bonds. The summed E-state index contributed by atoms with van der Waals surface area (Å²) in [5.41, 5.74) is 1.61. The third-order valence-electron chi connectivity index (χ3n) is 3.97. The predicted molar refractivity (Wildman–Crippen MR) is 88.7 cm³/mol. The minimum atomic E-state index is -0.125. The van der Waals surface area contributed by atoms with E-state index < -0.39 is 0 Å². The molecule has 6 nitrogen and oxygen atoms in total. The fourth-order valence-corrected chi connectivity index (χ4v) is 2.97. The SMILES string of the molecule is O=C1CC(c2nc(-c3ccncc3)no2)CN1c1cccc(Cl)c1. The first-order valence-electron chi connectivity index (χ1n) is 7.50. The fraction of sp³-hybridized carbons (Fsp3) is 0.176. The van der Waals surface area contributed by atoms with Gasteiger partial charge in [0.25, 0.3) is 0 Å². The van der Waals surface area contributed by atoms with E-state index in [1.165, 1.54) is 0 Å². The number of nitrogens with zero attached hydrogens (tertiary/aromatic N) is 4. The third-order valence-corrected chi connectivity index (χ3v) is 4.21. The number of carbonyl (C=O) groups excluding carboxylic acids is 1. The average Bonchev–Trinajstić information content (AvgIpc) is 3.22. The van der Waals surface area contributed by atoms with Crippen molar-refractivity contribution in [3.8, 4) is 11.4 Å². The molecule has 3 heterocycles. The van der Waals surface area contributed by atoms with E-state index in [2.05, 4.69) is 15.1 Å². The fourth-order valence-electron chi connectivity index (χ4n) is 2.79. The van der Waals surface area contributed by atoms with E-state index in [4.69, 9.17) is 16.1 Å². The highest BCUT2D eigenvalue weighted by atomic mass is 35.5. The number of benzene rings is 1. The summed E-state index contributed by atoms with van der Waals surface area (Å²) in [6.45, 7) is 0.497. The van der Waals surface area contributed by atoms with Gasteiger partial charge < -0.3 is 9.42 Å². The van der Waals surface area contributed by atoms with Gasteiger partial charge in [0.1, 0.15) is 0 Å². The Morgan fingerprint density at radius 2 is 2.04 bits per heavy atom. The smallest absolute Gasteiger partial charge is 0.232 e. The van der Waals surface area contributed by atoms with Crippen molar-refractivity contribution in [1.29, 1.82) is 0 Å². The summed E-state index contributed by atoms with van der Waals surface area (Å²) in [4.78, 5) is 22.4. The van der Waals surface area contributed by atoms with Crippen LogP contribution in [-0.4, -0.2) is 27.6 Å². The second kappa shape index (κ2) is 6.05. The first kappa shape index (κ1) is 14.8. The molecule has 0 bridgehead atoms. The van der Waals surface area contributed by atoms with Gasteiger partial charge in [-0.25, -0.2) is 0 Å². The number of pyridine rings is 1. The molecule has 1 aliphatic rings. The van der Waals surface area contributed by atoms with Crippen molar-refractivity contribution < 1.29 is 9.32 Å². The van der Waals surface area contributed by atoms with Gasteiger partial charge in [-0.2, -0.15) is 4.98 Å². The summed E-state index contributed by atoms with van der Waals surface area (Å²) < 4.78 is 5.37. The van der Waals surface area contributed by atoms with E-state index >= 15 is 0 Å². The normalized spacial score (nSPS) is 17.5. The number of halogens is 1. The number of amides is 1. The van der Waals surface area contributed by atoms with Gasteiger partial charge in [-0.15, -0.1) is 0 Å². The van der Waals surface area contributed by atoms with Crippen molar-refractivity contribution in [1.82, 2.24) is 15.1 Å². The van der Waals surface area contributed by atoms with Crippen molar-refractivity contribution in [3.63, 3.8) is 0 Å². The highest BCUT2D eigenvalue weighted by molar-refractivity contribution is 6.30. The van der Waals surface area contributed by atoms with Crippen LogP contribution in [-0.2, 0) is 4.79 Å². The molecule has 1 unspecified atom stereocenters. The quantitative estimate of drug-likeness (QED) is 0.731. The second-order valence-corrected chi connectivity index (χ2v) is 6.01. The lowest BCUT2D eigenvalue weighted by molar-refractivity contribution is -0.117. The summed E-state index contributed by atoms with van der Waals surface area (Å²) in [7, 11) is 0. The molecular formula is C17H13ClN4O2. The van der Waals surface area contributed by atoms with Crippen LogP contribution in [0, 0.1) is 0 Å². The van der Waals surface area contributed by atoms with Gasteiger partial charge in [-0.05, 0) is 30.3 Å². The molecule has 2 aromatic heterocycles. The lowest BCUT2D eigenvalue weighted by Gasteiger charge is -2.16. The second-order valence-electron chi connectivity index (χ2n) is 5.58. The summed E-state index contributed by atoms with van der Waals surface area (Å²) in [5, 5.41) is 4.60. The van der Waals surface area contributed by atoms with E-state index in [1.54, 1.807) is 29.4 Å². The molecule has 120 valence electrons. The first-order chi connectivity index (χ1) is 11.7. The lowest BCUT2D eigenvalue weighted by atomic mass is 10.1. The highest BCUT2D eigenvalue weighted by Crippen LogP contribution is 2.32. The Morgan fingerprint density at radius 1 is 1.21 bits per heavy atom. The number of aromatic nitrogens is 3. The van der Waals surface area contributed by atoms with Crippen LogP contribution >= 0.6 is 11.6 Å². The number of rotatable bonds is 3. The van der Waals surface area contributed by atoms with Crippen LogP contribution in [0.2, 0.25) is 5.02 Å². The van der Waals surface area contributed by atoms with Crippen LogP contribution in [0.15, 0.2) is 53.3 Å². The molecule has 3 aromatic rings. The zero-order valence-corrected chi connectivity index (χ0v) is 13.3. The summed E-state index contributed by atoms with van der Waals surface area (Å²) in [6, 6.07) is 10.9. The first-order valence-corrected chi connectivity index (χ1v) is 7.88. The molecule has 7 heteroatoms. The number of hydrogen-bond acceptors (Lipinski definition) is 5. The van der Waals surface area contributed by atoms with E-state index in [1.807, 2.05) is 24.3 Å². The average molecular weight is 341 g/mol. The largest absolute Gasteiger partial charge is 0.339 e. The lowest BCUT2D eigenvalue weighted by Crippen LogP contribution is -2.24. The third kappa shape index (κ3) is 2.76. The maximum Gasteiger partial charge on any atom is 0.232 e. The Kier molecular flexibility index (Phi) is 3.74. The monoisotopic (exact) mass is 340 g/mol. The Bertz CT molecular complexity index is 881. The molecule has 1 aliphatic heterocycles. The van der Waals surface area contributed by atoms with Crippen molar-refractivity contribution in [2.24, 2.45) is 0 Å². The number of hydrogen-bond donors (Lipinski definition) is 0. The molecule has 0 aliphatic carbocycles. The Balaban J connectivity index is 1.56. The highest BCUT2D eigenvalue weighted by Gasteiger charge is 2.35. The molecule has 1 fully saturated rings. The Hall–Kier alpha value is -2.73. The summed E-state index contributed by atoms with van der Waals surface area (Å²) in [6.07, 6.45) is 3.68. The Morgan fingerprint density at radius 3 is 2.83 bits per heavy atom. The molecule has 0 N–H and O–H groups in total. The molecule has 1 saturated heterocycles. The molecule has 0 spiro atoms. The van der Waals surface area contributed by atoms with Gasteiger partial charge in [-0.1, -0.05) is 22.8 Å². The predicted octanol–water partition coefficient (Wildman–Crippen LogP) is 3.31. The van der Waals surface area contributed by atoms with Crippen molar-refractivity contribution in [2.45, 2.75) is 12.3 Å². The van der Waals surface area contributed by atoms with Gasteiger partial charge in [0.2, 0.25) is 17.6 Å². The molecule has 24 heavy (non-hydrogen) atoms. The zero-order valence-electron chi connectivity index (χ0n) is 12.6. The van der Waals surface area contributed by atoms with Gasteiger partial charge in [0.15, 0.2) is 0 Å². The van der Waals surface area contributed by atoms with Crippen LogP contribution in [0.1, 0.15) is 18.2 Å². The summed E-state index contributed by atoms with van der Waals surface area (Å²) in [5.74, 6) is 0.867. The molecule has 0 saturated carbocycles. The van der Waals surface area contributed by atoms with Crippen LogP contribution < -0.4 is 4.90 Å². The van der Waals surface area contributed by atoms with Gasteiger partial charge in [0.05, 0.1) is 5.92 Å². The zero-order chi connectivity index (χ0) is 16.5. The molecule has 0 radical (unpaired) electrons. The molecular weight excluding hydrogens is 328 g/mol. The minimum absolute atomic E-state index is 0.0194. The van der Waals surface area contributed by atoms with Crippen LogP contribution in [0.5, 0.6) is 0 Å². The topological polar surface area (TPSA) is 72.1 Å².